The lowest BCUT2D eigenvalue weighted by molar-refractivity contribution is -0.384. The second-order valence-corrected chi connectivity index (χ2v) is 4.66. The summed E-state index contributed by atoms with van der Waals surface area (Å²) in [5.74, 6) is -0.0485. The Morgan fingerprint density at radius 3 is 2.74 bits per heavy atom. The maximum atomic E-state index is 12.3. The van der Waals surface area contributed by atoms with Crippen molar-refractivity contribution in [2.75, 3.05) is 20.1 Å². The molecular weight excluding hydrogens is 246 g/mol. The van der Waals surface area contributed by atoms with Crippen LogP contribution in [-0.2, 0) is 0 Å². The van der Waals surface area contributed by atoms with E-state index in [1.165, 1.54) is 24.3 Å². The molecule has 19 heavy (non-hydrogen) atoms. The van der Waals surface area contributed by atoms with Crippen LogP contribution >= 0.6 is 0 Å². The number of amides is 1. The summed E-state index contributed by atoms with van der Waals surface area (Å²) in [6.07, 6.45) is 2.00. The van der Waals surface area contributed by atoms with Crippen molar-refractivity contribution in [3.63, 3.8) is 0 Å². The highest BCUT2D eigenvalue weighted by molar-refractivity contribution is 5.94. The van der Waals surface area contributed by atoms with Crippen molar-refractivity contribution >= 4 is 11.6 Å². The first kappa shape index (κ1) is 13.5. The number of likely N-dealkylation sites (N-methyl/N-ethyl adjacent to an activating group) is 1. The van der Waals surface area contributed by atoms with Crippen molar-refractivity contribution in [3.05, 3.63) is 39.9 Å². The maximum absolute atomic E-state index is 12.3. The molecule has 0 spiro atoms. The van der Waals surface area contributed by atoms with Crippen LogP contribution in [-0.4, -0.2) is 41.9 Å². The summed E-state index contributed by atoms with van der Waals surface area (Å²) >= 11 is 0. The number of nitrogens with zero attached hydrogens (tertiary/aromatic N) is 2. The highest BCUT2D eigenvalue weighted by Gasteiger charge is 2.28. The van der Waals surface area contributed by atoms with Crippen LogP contribution in [0.5, 0.6) is 0 Å². The van der Waals surface area contributed by atoms with Crippen LogP contribution in [0.4, 0.5) is 5.69 Å². The summed E-state index contributed by atoms with van der Waals surface area (Å²) in [6.45, 7) is 1.53. The SMILES string of the molecule is CNCC1CCCN1C(=O)c1ccc([N+](=O)[O-])cc1. The highest BCUT2D eigenvalue weighted by Crippen LogP contribution is 2.21. The Morgan fingerprint density at radius 2 is 2.16 bits per heavy atom. The zero-order chi connectivity index (χ0) is 13.8. The van der Waals surface area contributed by atoms with Gasteiger partial charge in [-0.2, -0.15) is 0 Å². The number of carbonyl (C=O) groups excluding carboxylic acids is 1. The molecule has 1 aliphatic heterocycles. The third-order valence-electron chi connectivity index (χ3n) is 3.40. The van der Waals surface area contributed by atoms with Gasteiger partial charge in [-0.25, -0.2) is 0 Å². The Labute approximate surface area is 111 Å². The van der Waals surface area contributed by atoms with E-state index < -0.39 is 4.92 Å². The molecule has 1 heterocycles. The normalized spacial score (nSPS) is 18.6. The zero-order valence-electron chi connectivity index (χ0n) is 10.8. The molecular formula is C13H17N3O3. The standard InChI is InChI=1S/C13H17N3O3/c1-14-9-12-3-2-8-15(12)13(17)10-4-6-11(7-5-10)16(18)19/h4-7,12,14H,2-3,8-9H2,1H3. The predicted molar refractivity (Wildman–Crippen MR) is 71.1 cm³/mol. The Hall–Kier alpha value is -1.95. The molecule has 2 rings (SSSR count). The average molecular weight is 263 g/mol. The third-order valence-corrected chi connectivity index (χ3v) is 3.40. The second kappa shape index (κ2) is 5.79. The van der Waals surface area contributed by atoms with E-state index in [1.807, 2.05) is 11.9 Å². The van der Waals surface area contributed by atoms with Gasteiger partial charge in [-0.3, -0.25) is 14.9 Å². The Morgan fingerprint density at radius 1 is 1.47 bits per heavy atom. The second-order valence-electron chi connectivity index (χ2n) is 4.66. The molecule has 1 atom stereocenters. The number of hydrogen-bond donors (Lipinski definition) is 1. The van der Waals surface area contributed by atoms with Gasteiger partial charge in [-0.05, 0) is 32.0 Å². The van der Waals surface area contributed by atoms with Gasteiger partial charge in [-0.1, -0.05) is 0 Å². The van der Waals surface area contributed by atoms with Crippen LogP contribution in [0.15, 0.2) is 24.3 Å². The van der Waals surface area contributed by atoms with Crippen LogP contribution in [0.1, 0.15) is 23.2 Å². The molecule has 1 unspecified atom stereocenters. The van der Waals surface area contributed by atoms with E-state index in [2.05, 4.69) is 5.32 Å². The van der Waals surface area contributed by atoms with Crippen LogP contribution in [0, 0.1) is 10.1 Å². The monoisotopic (exact) mass is 263 g/mol. The number of rotatable bonds is 4. The molecule has 6 nitrogen and oxygen atoms in total. The quantitative estimate of drug-likeness (QED) is 0.658. The van der Waals surface area contributed by atoms with Crippen molar-refractivity contribution in [2.45, 2.75) is 18.9 Å². The molecule has 1 amide bonds. The Bertz CT molecular complexity index is 473. The van der Waals surface area contributed by atoms with Gasteiger partial charge in [0.2, 0.25) is 0 Å². The average Bonchev–Trinajstić information content (AvgIpc) is 2.87. The highest BCUT2D eigenvalue weighted by atomic mass is 16.6. The minimum atomic E-state index is -0.464. The predicted octanol–water partition coefficient (Wildman–Crippen LogP) is 1.42. The van der Waals surface area contributed by atoms with Crippen molar-refractivity contribution in [1.82, 2.24) is 10.2 Å². The number of carbonyl (C=O) groups is 1. The third kappa shape index (κ3) is 2.90. The van der Waals surface area contributed by atoms with Gasteiger partial charge in [0.05, 0.1) is 4.92 Å². The minimum absolute atomic E-state index is 0.00440. The molecule has 0 aliphatic carbocycles. The molecule has 102 valence electrons. The van der Waals surface area contributed by atoms with Crippen LogP contribution in [0.3, 0.4) is 0 Å². The molecule has 1 aromatic carbocycles. The number of likely N-dealkylation sites (tertiary alicyclic amines) is 1. The van der Waals surface area contributed by atoms with Crippen molar-refractivity contribution in [2.24, 2.45) is 0 Å². The van der Waals surface area contributed by atoms with Crippen LogP contribution in [0.2, 0.25) is 0 Å². The van der Waals surface area contributed by atoms with Gasteiger partial charge in [0.1, 0.15) is 0 Å². The first-order valence-corrected chi connectivity index (χ1v) is 6.33. The first-order valence-electron chi connectivity index (χ1n) is 6.33. The van der Waals surface area contributed by atoms with Gasteiger partial charge in [0, 0.05) is 36.8 Å². The molecule has 0 saturated carbocycles. The van der Waals surface area contributed by atoms with Crippen molar-refractivity contribution in [1.29, 1.82) is 0 Å². The largest absolute Gasteiger partial charge is 0.334 e. The summed E-state index contributed by atoms with van der Waals surface area (Å²) in [7, 11) is 1.87. The molecule has 0 bridgehead atoms. The first-order chi connectivity index (χ1) is 9.13. The number of nitro benzene ring substituents is 1. The van der Waals surface area contributed by atoms with Crippen LogP contribution < -0.4 is 5.32 Å². The molecule has 1 aliphatic rings. The minimum Gasteiger partial charge on any atom is -0.334 e. The van der Waals surface area contributed by atoms with Gasteiger partial charge < -0.3 is 10.2 Å². The van der Waals surface area contributed by atoms with Gasteiger partial charge in [0.15, 0.2) is 0 Å². The number of non-ortho nitro benzene ring substituents is 1. The smallest absolute Gasteiger partial charge is 0.269 e. The van der Waals surface area contributed by atoms with Gasteiger partial charge in [0.25, 0.3) is 11.6 Å². The lowest BCUT2D eigenvalue weighted by Crippen LogP contribution is -2.40. The van der Waals surface area contributed by atoms with E-state index in [9.17, 15) is 14.9 Å². The summed E-state index contributed by atoms with van der Waals surface area (Å²) in [4.78, 5) is 24.3. The fourth-order valence-corrected chi connectivity index (χ4v) is 2.44. The van der Waals surface area contributed by atoms with Crippen molar-refractivity contribution in [3.8, 4) is 0 Å². The maximum Gasteiger partial charge on any atom is 0.269 e. The van der Waals surface area contributed by atoms with E-state index in [4.69, 9.17) is 0 Å². The molecule has 1 aromatic rings. The number of nitrogens with one attached hydrogen (secondary N) is 1. The fraction of sp³-hybridized carbons (Fsp3) is 0.462. The van der Waals surface area contributed by atoms with Gasteiger partial charge >= 0.3 is 0 Å². The van der Waals surface area contributed by atoms with E-state index in [0.717, 1.165) is 25.9 Å². The van der Waals surface area contributed by atoms with E-state index >= 15 is 0 Å². The molecule has 1 N–H and O–H groups in total. The summed E-state index contributed by atoms with van der Waals surface area (Å²) in [5, 5.41) is 13.7. The molecule has 1 saturated heterocycles. The summed E-state index contributed by atoms with van der Waals surface area (Å²) in [5.41, 5.74) is 0.512. The Balaban J connectivity index is 2.12. The molecule has 1 fully saturated rings. The number of hydrogen-bond acceptors (Lipinski definition) is 4. The lowest BCUT2D eigenvalue weighted by Gasteiger charge is -2.24. The molecule has 6 heteroatoms. The van der Waals surface area contributed by atoms with E-state index in [1.54, 1.807) is 0 Å². The lowest BCUT2D eigenvalue weighted by atomic mass is 10.1. The molecule has 0 radical (unpaired) electrons. The van der Waals surface area contributed by atoms with Crippen molar-refractivity contribution < 1.29 is 9.72 Å². The van der Waals surface area contributed by atoms with Gasteiger partial charge in [-0.15, -0.1) is 0 Å². The zero-order valence-corrected chi connectivity index (χ0v) is 10.8. The number of nitro groups is 1. The topological polar surface area (TPSA) is 75.5 Å². The molecule has 0 aromatic heterocycles. The Kier molecular flexibility index (Phi) is 4.11. The van der Waals surface area contributed by atoms with E-state index in [0.29, 0.717) is 5.56 Å². The fourth-order valence-electron chi connectivity index (χ4n) is 2.44. The number of benzene rings is 1. The van der Waals surface area contributed by atoms with Crippen LogP contribution in [0.25, 0.3) is 0 Å². The summed E-state index contributed by atoms with van der Waals surface area (Å²) in [6, 6.07) is 6.00. The van der Waals surface area contributed by atoms with E-state index in [-0.39, 0.29) is 17.6 Å². The summed E-state index contributed by atoms with van der Waals surface area (Å²) < 4.78 is 0.